The minimum absolute atomic E-state index is 0.127. The molecule has 1 rings (SSSR count). The summed E-state index contributed by atoms with van der Waals surface area (Å²) in [5.74, 6) is -1.23. The quantitative estimate of drug-likeness (QED) is 0.547. The zero-order valence-electron chi connectivity index (χ0n) is 11.0. The minimum Gasteiger partial charge on any atom is -0.465 e. The molecule has 1 aliphatic heterocycles. The van der Waals surface area contributed by atoms with E-state index in [0.717, 1.165) is 12.8 Å². The van der Waals surface area contributed by atoms with E-state index in [1.54, 1.807) is 13.8 Å². The maximum atomic E-state index is 12.3. The molecule has 98 valence electrons. The third kappa shape index (κ3) is 3.28. The lowest BCUT2D eigenvalue weighted by molar-refractivity contribution is -0.163. The highest BCUT2D eigenvalue weighted by atomic mass is 16.5. The number of hydrogen-bond donors (Lipinski definition) is 0. The fraction of sp³-hybridized carbons (Fsp3) is 0.846. The number of ether oxygens (including phenoxy) is 2. The smallest absolute Gasteiger partial charge is 0.316 e. The normalized spacial score (nSPS) is 26.3. The van der Waals surface area contributed by atoms with E-state index in [2.05, 4.69) is 0 Å². The van der Waals surface area contributed by atoms with Crippen molar-refractivity contribution in [2.45, 2.75) is 52.1 Å². The fourth-order valence-electron chi connectivity index (χ4n) is 2.20. The molecule has 0 saturated carbocycles. The first-order valence-corrected chi connectivity index (χ1v) is 6.40. The first-order valence-electron chi connectivity index (χ1n) is 6.40. The molecule has 1 fully saturated rings. The number of ketones is 1. The first kappa shape index (κ1) is 14.2. The number of carbonyl (C=O) groups excluding carboxylic acids is 2. The standard InChI is InChI=1S/C13H22O4/c1-4-10(12(15)16-5-2)11(14)13(3)8-6-7-9-17-13/h10H,4-9H2,1-3H3. The number of rotatable bonds is 5. The molecule has 4 nitrogen and oxygen atoms in total. The Bertz CT molecular complexity index is 279. The van der Waals surface area contributed by atoms with Crippen molar-refractivity contribution in [1.29, 1.82) is 0 Å². The number of Topliss-reactive ketones (excluding diaryl/α,β-unsaturated/α-hetero) is 1. The Morgan fingerprint density at radius 1 is 1.35 bits per heavy atom. The molecule has 0 aliphatic carbocycles. The van der Waals surface area contributed by atoms with Crippen molar-refractivity contribution in [2.24, 2.45) is 5.92 Å². The van der Waals surface area contributed by atoms with Gasteiger partial charge in [0, 0.05) is 6.61 Å². The average molecular weight is 242 g/mol. The Morgan fingerprint density at radius 2 is 2.06 bits per heavy atom. The Labute approximate surface area is 103 Å². The summed E-state index contributed by atoms with van der Waals surface area (Å²) in [5, 5.41) is 0. The predicted molar refractivity (Wildman–Crippen MR) is 63.6 cm³/mol. The maximum absolute atomic E-state index is 12.3. The van der Waals surface area contributed by atoms with Crippen LogP contribution in [0.15, 0.2) is 0 Å². The van der Waals surface area contributed by atoms with Gasteiger partial charge in [-0.3, -0.25) is 9.59 Å². The molecule has 1 aliphatic rings. The second-order valence-electron chi connectivity index (χ2n) is 4.61. The topological polar surface area (TPSA) is 52.6 Å². The zero-order chi connectivity index (χ0) is 12.9. The van der Waals surface area contributed by atoms with Crippen LogP contribution in [-0.4, -0.2) is 30.6 Å². The first-order chi connectivity index (χ1) is 8.05. The third-order valence-corrected chi connectivity index (χ3v) is 3.29. The van der Waals surface area contributed by atoms with Gasteiger partial charge < -0.3 is 9.47 Å². The zero-order valence-corrected chi connectivity index (χ0v) is 11.0. The van der Waals surface area contributed by atoms with E-state index in [9.17, 15) is 9.59 Å². The van der Waals surface area contributed by atoms with Gasteiger partial charge in [-0.2, -0.15) is 0 Å². The van der Waals surface area contributed by atoms with Gasteiger partial charge in [0.1, 0.15) is 11.5 Å². The van der Waals surface area contributed by atoms with Crippen LogP contribution in [0.5, 0.6) is 0 Å². The van der Waals surface area contributed by atoms with E-state index in [1.807, 2.05) is 6.92 Å². The van der Waals surface area contributed by atoms with Gasteiger partial charge in [-0.1, -0.05) is 6.92 Å². The molecule has 0 bridgehead atoms. The molecule has 1 saturated heterocycles. The summed E-state index contributed by atoms with van der Waals surface area (Å²) in [7, 11) is 0. The molecule has 0 amide bonds. The number of hydrogen-bond acceptors (Lipinski definition) is 4. The van der Waals surface area contributed by atoms with E-state index in [1.165, 1.54) is 0 Å². The van der Waals surface area contributed by atoms with Crippen molar-refractivity contribution in [3.05, 3.63) is 0 Å². The highest BCUT2D eigenvalue weighted by Gasteiger charge is 2.42. The largest absolute Gasteiger partial charge is 0.465 e. The number of carbonyl (C=O) groups is 2. The van der Waals surface area contributed by atoms with Crippen molar-refractivity contribution in [3.63, 3.8) is 0 Å². The molecule has 0 radical (unpaired) electrons. The lowest BCUT2D eigenvalue weighted by Gasteiger charge is -2.34. The molecule has 1 heterocycles. The molecule has 0 aromatic rings. The van der Waals surface area contributed by atoms with Crippen LogP contribution in [-0.2, 0) is 19.1 Å². The minimum atomic E-state index is -0.800. The second-order valence-corrected chi connectivity index (χ2v) is 4.61. The van der Waals surface area contributed by atoms with E-state index in [-0.39, 0.29) is 5.78 Å². The predicted octanol–water partition coefficient (Wildman–Crippen LogP) is 2.10. The van der Waals surface area contributed by atoms with Gasteiger partial charge in [0.15, 0.2) is 5.78 Å². The number of esters is 1. The summed E-state index contributed by atoms with van der Waals surface area (Å²) >= 11 is 0. The van der Waals surface area contributed by atoms with Gasteiger partial charge in [0.2, 0.25) is 0 Å². The molecule has 0 N–H and O–H groups in total. The van der Waals surface area contributed by atoms with E-state index in [4.69, 9.17) is 9.47 Å². The van der Waals surface area contributed by atoms with Crippen LogP contribution in [0, 0.1) is 5.92 Å². The van der Waals surface area contributed by atoms with Crippen LogP contribution in [0.2, 0.25) is 0 Å². The summed E-state index contributed by atoms with van der Waals surface area (Å²) in [6.45, 7) is 6.26. The molecule has 4 heteroatoms. The van der Waals surface area contributed by atoms with Gasteiger partial charge in [0.25, 0.3) is 0 Å². The summed E-state index contributed by atoms with van der Waals surface area (Å²) in [6.07, 6.45) is 3.12. The van der Waals surface area contributed by atoms with Gasteiger partial charge in [-0.25, -0.2) is 0 Å². The lowest BCUT2D eigenvalue weighted by atomic mass is 9.83. The second kappa shape index (κ2) is 6.15. The summed E-state index contributed by atoms with van der Waals surface area (Å²) in [5.41, 5.74) is -0.800. The Hall–Kier alpha value is -0.900. The van der Waals surface area contributed by atoms with Crippen molar-refractivity contribution in [3.8, 4) is 0 Å². The highest BCUT2D eigenvalue weighted by Crippen LogP contribution is 2.29. The van der Waals surface area contributed by atoms with Crippen molar-refractivity contribution >= 4 is 11.8 Å². The Kier molecular flexibility index (Phi) is 5.12. The van der Waals surface area contributed by atoms with Gasteiger partial charge >= 0.3 is 5.97 Å². The van der Waals surface area contributed by atoms with Crippen molar-refractivity contribution in [2.75, 3.05) is 13.2 Å². The monoisotopic (exact) mass is 242 g/mol. The van der Waals surface area contributed by atoms with E-state index < -0.39 is 17.5 Å². The van der Waals surface area contributed by atoms with Crippen LogP contribution >= 0.6 is 0 Å². The third-order valence-electron chi connectivity index (χ3n) is 3.29. The van der Waals surface area contributed by atoms with Gasteiger partial charge in [-0.05, 0) is 39.5 Å². The van der Waals surface area contributed by atoms with Crippen LogP contribution in [0.4, 0.5) is 0 Å². The fourth-order valence-corrected chi connectivity index (χ4v) is 2.20. The molecule has 2 atom stereocenters. The molecule has 0 aromatic carbocycles. The molecule has 0 spiro atoms. The average Bonchev–Trinajstić information content (AvgIpc) is 2.31. The summed E-state index contributed by atoms with van der Waals surface area (Å²) in [4.78, 5) is 24.0. The van der Waals surface area contributed by atoms with Gasteiger partial charge in [0.05, 0.1) is 6.61 Å². The molecular weight excluding hydrogens is 220 g/mol. The molecular formula is C13H22O4. The van der Waals surface area contributed by atoms with Crippen LogP contribution in [0.3, 0.4) is 0 Å². The Morgan fingerprint density at radius 3 is 2.53 bits per heavy atom. The SMILES string of the molecule is CCOC(=O)C(CC)C(=O)C1(C)CCCCO1. The van der Waals surface area contributed by atoms with E-state index >= 15 is 0 Å². The molecule has 17 heavy (non-hydrogen) atoms. The summed E-state index contributed by atoms with van der Waals surface area (Å²) < 4.78 is 10.5. The Balaban J connectivity index is 2.74. The van der Waals surface area contributed by atoms with Crippen LogP contribution in [0.1, 0.15) is 46.5 Å². The van der Waals surface area contributed by atoms with E-state index in [0.29, 0.717) is 26.1 Å². The lowest BCUT2D eigenvalue weighted by Crippen LogP contribution is -2.47. The summed E-state index contributed by atoms with van der Waals surface area (Å²) in [6, 6.07) is 0. The van der Waals surface area contributed by atoms with Crippen LogP contribution in [0.25, 0.3) is 0 Å². The van der Waals surface area contributed by atoms with Crippen LogP contribution < -0.4 is 0 Å². The maximum Gasteiger partial charge on any atom is 0.316 e. The van der Waals surface area contributed by atoms with Crippen molar-refractivity contribution in [1.82, 2.24) is 0 Å². The van der Waals surface area contributed by atoms with Gasteiger partial charge in [-0.15, -0.1) is 0 Å². The van der Waals surface area contributed by atoms with Crippen molar-refractivity contribution < 1.29 is 19.1 Å². The molecule has 0 aromatic heterocycles. The molecule has 2 unspecified atom stereocenters. The highest BCUT2D eigenvalue weighted by molar-refractivity contribution is 6.03.